The molecular weight excluding hydrogens is 256 g/mol. The number of nitrogens with one attached hydrogen (secondary N) is 1. The first kappa shape index (κ1) is 12.8. The van der Waals surface area contributed by atoms with Gasteiger partial charge < -0.3 is 20.1 Å². The SMILES string of the molecule is NCCc1cc(OCc2ccccc2)c2c(c1)ONO2. The summed E-state index contributed by atoms with van der Waals surface area (Å²) >= 11 is 0. The fourth-order valence-corrected chi connectivity index (χ4v) is 2.07. The van der Waals surface area contributed by atoms with Gasteiger partial charge in [0.25, 0.3) is 0 Å². The molecule has 3 N–H and O–H groups in total. The van der Waals surface area contributed by atoms with Gasteiger partial charge in [0, 0.05) is 5.64 Å². The Morgan fingerprint density at radius 3 is 2.70 bits per heavy atom. The molecule has 3 rings (SSSR count). The molecule has 0 bridgehead atoms. The molecule has 0 radical (unpaired) electrons. The van der Waals surface area contributed by atoms with Gasteiger partial charge in [-0.3, -0.25) is 0 Å². The average molecular weight is 272 g/mol. The van der Waals surface area contributed by atoms with Crippen molar-refractivity contribution in [1.82, 2.24) is 5.64 Å². The van der Waals surface area contributed by atoms with Crippen molar-refractivity contribution in [3.8, 4) is 17.2 Å². The van der Waals surface area contributed by atoms with E-state index >= 15 is 0 Å². The second kappa shape index (κ2) is 5.81. The zero-order valence-electron chi connectivity index (χ0n) is 11.0. The normalized spacial score (nSPS) is 12.4. The van der Waals surface area contributed by atoms with E-state index in [1.807, 2.05) is 42.5 Å². The zero-order valence-corrected chi connectivity index (χ0v) is 11.0. The second-order valence-electron chi connectivity index (χ2n) is 4.52. The lowest BCUT2D eigenvalue weighted by atomic mass is 10.1. The summed E-state index contributed by atoms with van der Waals surface area (Å²) < 4.78 is 5.84. The molecule has 0 atom stereocenters. The number of rotatable bonds is 5. The predicted octanol–water partition coefficient (Wildman–Crippen LogP) is 1.96. The molecule has 0 fully saturated rings. The van der Waals surface area contributed by atoms with E-state index in [-0.39, 0.29) is 0 Å². The van der Waals surface area contributed by atoms with E-state index in [0.29, 0.717) is 30.4 Å². The van der Waals surface area contributed by atoms with E-state index in [1.165, 1.54) is 0 Å². The highest BCUT2D eigenvalue weighted by atomic mass is 16.9. The van der Waals surface area contributed by atoms with Gasteiger partial charge in [-0.2, -0.15) is 0 Å². The van der Waals surface area contributed by atoms with Gasteiger partial charge in [-0.1, -0.05) is 30.3 Å². The Morgan fingerprint density at radius 1 is 1.05 bits per heavy atom. The van der Waals surface area contributed by atoms with Crippen molar-refractivity contribution in [2.45, 2.75) is 13.0 Å². The topological polar surface area (TPSA) is 65.7 Å². The molecule has 5 nitrogen and oxygen atoms in total. The minimum absolute atomic E-state index is 0.475. The molecule has 5 heteroatoms. The standard InChI is InChI=1S/C15H16N2O3/c16-7-6-12-8-13(15-14(9-12)19-17-20-15)18-10-11-4-2-1-3-5-11/h1-5,8-9,17H,6-7,10,16H2. The molecule has 0 amide bonds. The van der Waals surface area contributed by atoms with Crippen molar-refractivity contribution >= 4 is 0 Å². The molecule has 1 aliphatic rings. The molecule has 2 aromatic rings. The van der Waals surface area contributed by atoms with Crippen molar-refractivity contribution in [3.63, 3.8) is 0 Å². The summed E-state index contributed by atoms with van der Waals surface area (Å²) in [5.41, 5.74) is 10.1. The third-order valence-electron chi connectivity index (χ3n) is 3.05. The molecule has 0 saturated heterocycles. The first-order valence-corrected chi connectivity index (χ1v) is 6.49. The first-order chi connectivity index (χ1) is 9.86. The molecule has 0 saturated carbocycles. The highest BCUT2D eigenvalue weighted by Gasteiger charge is 2.21. The predicted molar refractivity (Wildman–Crippen MR) is 74.4 cm³/mol. The molecule has 1 heterocycles. The van der Waals surface area contributed by atoms with E-state index in [9.17, 15) is 0 Å². The smallest absolute Gasteiger partial charge is 0.237 e. The van der Waals surface area contributed by atoms with Gasteiger partial charge in [0.05, 0.1) is 0 Å². The summed E-state index contributed by atoms with van der Waals surface area (Å²) in [6.07, 6.45) is 0.762. The summed E-state index contributed by atoms with van der Waals surface area (Å²) in [5.74, 6) is 1.85. The number of ether oxygens (including phenoxy) is 1. The van der Waals surface area contributed by atoms with Crippen LogP contribution in [0.1, 0.15) is 11.1 Å². The molecule has 0 aromatic heterocycles. The third-order valence-corrected chi connectivity index (χ3v) is 3.05. The Labute approximate surface area is 117 Å². The average Bonchev–Trinajstić information content (AvgIpc) is 2.95. The van der Waals surface area contributed by atoms with E-state index in [4.69, 9.17) is 20.1 Å². The van der Waals surface area contributed by atoms with E-state index in [0.717, 1.165) is 17.5 Å². The Bertz CT molecular complexity index is 587. The molecule has 0 aliphatic carbocycles. The minimum Gasteiger partial charge on any atom is -0.485 e. The maximum atomic E-state index is 5.84. The largest absolute Gasteiger partial charge is 0.485 e. The number of benzene rings is 2. The van der Waals surface area contributed by atoms with Crippen LogP contribution in [0.4, 0.5) is 0 Å². The van der Waals surface area contributed by atoms with Gasteiger partial charge in [-0.15, -0.1) is 0 Å². The van der Waals surface area contributed by atoms with E-state index in [2.05, 4.69) is 5.64 Å². The van der Waals surface area contributed by atoms with Crippen LogP contribution in [0, 0.1) is 0 Å². The maximum absolute atomic E-state index is 5.84. The molecule has 2 aromatic carbocycles. The van der Waals surface area contributed by atoms with Crippen LogP contribution >= 0.6 is 0 Å². The van der Waals surface area contributed by atoms with E-state index in [1.54, 1.807) is 0 Å². The zero-order chi connectivity index (χ0) is 13.8. The lowest BCUT2D eigenvalue weighted by molar-refractivity contribution is 0.0243. The molecule has 0 spiro atoms. The Kier molecular flexibility index (Phi) is 3.71. The summed E-state index contributed by atoms with van der Waals surface area (Å²) in [5, 5.41) is 0. The van der Waals surface area contributed by atoms with Crippen LogP contribution in [0.3, 0.4) is 0 Å². The molecule has 104 valence electrons. The lowest BCUT2D eigenvalue weighted by Crippen LogP contribution is -2.14. The van der Waals surface area contributed by atoms with Gasteiger partial charge in [-0.25, -0.2) is 0 Å². The quantitative estimate of drug-likeness (QED) is 0.871. The summed E-state index contributed by atoms with van der Waals surface area (Å²) in [4.78, 5) is 10.4. The molecule has 0 unspecified atom stereocenters. The highest BCUT2D eigenvalue weighted by molar-refractivity contribution is 5.54. The number of hydrogen-bond donors (Lipinski definition) is 2. The van der Waals surface area contributed by atoms with Crippen molar-refractivity contribution in [3.05, 3.63) is 53.6 Å². The number of hydrogen-bond acceptors (Lipinski definition) is 5. The second-order valence-corrected chi connectivity index (χ2v) is 4.52. The van der Waals surface area contributed by atoms with Gasteiger partial charge in [0.1, 0.15) is 6.61 Å². The number of nitrogens with two attached hydrogens (primary N) is 1. The number of fused-ring (bicyclic) bond motifs is 1. The third kappa shape index (κ3) is 2.68. The van der Waals surface area contributed by atoms with Crippen LogP contribution in [-0.2, 0) is 13.0 Å². The van der Waals surface area contributed by atoms with Gasteiger partial charge in [0.15, 0.2) is 11.5 Å². The van der Waals surface area contributed by atoms with Gasteiger partial charge in [0.2, 0.25) is 5.75 Å². The van der Waals surface area contributed by atoms with Crippen LogP contribution in [0.15, 0.2) is 42.5 Å². The van der Waals surface area contributed by atoms with E-state index < -0.39 is 0 Å². The summed E-state index contributed by atoms with van der Waals surface area (Å²) in [6, 6.07) is 13.8. The molecular formula is C15H16N2O3. The van der Waals surface area contributed by atoms with Crippen molar-refractivity contribution in [1.29, 1.82) is 0 Å². The Hall–Kier alpha value is -2.24. The molecule has 1 aliphatic heterocycles. The van der Waals surface area contributed by atoms with Gasteiger partial charge in [-0.05, 0) is 36.2 Å². The summed E-state index contributed by atoms with van der Waals surface area (Å²) in [7, 11) is 0. The Balaban J connectivity index is 1.81. The van der Waals surface area contributed by atoms with Crippen LogP contribution in [-0.4, -0.2) is 6.54 Å². The minimum atomic E-state index is 0.475. The first-order valence-electron chi connectivity index (χ1n) is 6.49. The molecule has 20 heavy (non-hydrogen) atoms. The lowest BCUT2D eigenvalue weighted by Gasteiger charge is -2.10. The van der Waals surface area contributed by atoms with Crippen LogP contribution in [0.5, 0.6) is 17.2 Å². The van der Waals surface area contributed by atoms with Crippen molar-refractivity contribution in [2.24, 2.45) is 5.73 Å². The fourth-order valence-electron chi connectivity index (χ4n) is 2.07. The van der Waals surface area contributed by atoms with Gasteiger partial charge >= 0.3 is 0 Å². The van der Waals surface area contributed by atoms with Crippen LogP contribution < -0.4 is 25.8 Å². The van der Waals surface area contributed by atoms with Crippen molar-refractivity contribution in [2.75, 3.05) is 6.54 Å². The highest BCUT2D eigenvalue weighted by Crippen LogP contribution is 2.41. The van der Waals surface area contributed by atoms with Crippen LogP contribution in [0.2, 0.25) is 0 Å². The Morgan fingerprint density at radius 2 is 1.90 bits per heavy atom. The van der Waals surface area contributed by atoms with Crippen molar-refractivity contribution < 1.29 is 14.4 Å². The summed E-state index contributed by atoms with van der Waals surface area (Å²) in [6.45, 7) is 1.05. The fraction of sp³-hybridized carbons (Fsp3) is 0.200. The van der Waals surface area contributed by atoms with Crippen LogP contribution in [0.25, 0.3) is 0 Å². The monoisotopic (exact) mass is 272 g/mol. The maximum Gasteiger partial charge on any atom is 0.237 e.